The summed E-state index contributed by atoms with van der Waals surface area (Å²) in [6.45, 7) is 5.63. The lowest BCUT2D eigenvalue weighted by Crippen LogP contribution is -2.36. The van der Waals surface area contributed by atoms with Gasteiger partial charge in [-0.05, 0) is 97.8 Å². The molecule has 1 amide bonds. The summed E-state index contributed by atoms with van der Waals surface area (Å²) in [6, 6.07) is 18.1. The molecule has 7 nitrogen and oxygen atoms in total. The van der Waals surface area contributed by atoms with Crippen molar-refractivity contribution in [2.75, 3.05) is 44.5 Å². The summed E-state index contributed by atoms with van der Waals surface area (Å²) in [4.78, 5) is 15.8. The Labute approximate surface area is 260 Å². The highest BCUT2D eigenvalue weighted by Crippen LogP contribution is 2.32. The number of carbonyl (C=O) groups is 1. The minimum atomic E-state index is -3.63. The van der Waals surface area contributed by atoms with Crippen LogP contribution in [-0.2, 0) is 37.1 Å². The minimum absolute atomic E-state index is 0.0787. The van der Waals surface area contributed by atoms with Gasteiger partial charge in [-0.15, -0.1) is 0 Å². The third-order valence-corrected chi connectivity index (χ3v) is 10.1. The van der Waals surface area contributed by atoms with Gasteiger partial charge in [-0.3, -0.25) is 9.69 Å². The highest BCUT2D eigenvalue weighted by atomic mass is 32.2. The first kappa shape index (κ1) is 32.0. The number of rotatable bonds is 11. The number of carbonyl (C=O) groups excluding carboxylic acids is 1. The van der Waals surface area contributed by atoms with Gasteiger partial charge in [-0.25, -0.2) is 12.8 Å². The van der Waals surface area contributed by atoms with Gasteiger partial charge in [-0.1, -0.05) is 37.3 Å². The fourth-order valence-corrected chi connectivity index (χ4v) is 7.20. The molecule has 3 aromatic carbocycles. The minimum Gasteiger partial charge on any atom is -0.381 e. The number of amides is 1. The molecule has 1 fully saturated rings. The number of ether oxygens (including phenoxy) is 2. The van der Waals surface area contributed by atoms with Crippen molar-refractivity contribution in [2.45, 2.75) is 56.5 Å². The molecule has 1 saturated heterocycles. The molecule has 2 heterocycles. The van der Waals surface area contributed by atoms with Crippen molar-refractivity contribution in [3.8, 4) is 11.1 Å². The Morgan fingerprint density at radius 2 is 1.77 bits per heavy atom. The van der Waals surface area contributed by atoms with Crippen LogP contribution >= 0.6 is 0 Å². The number of fused-ring (bicyclic) bond motifs is 1. The Kier molecular flexibility index (Phi) is 10.6. The molecule has 9 heteroatoms. The zero-order chi connectivity index (χ0) is 31.1. The smallest absolute Gasteiger partial charge is 0.251 e. The predicted molar refractivity (Wildman–Crippen MR) is 172 cm³/mol. The molecule has 0 atom stereocenters. The van der Waals surface area contributed by atoms with E-state index < -0.39 is 15.7 Å². The van der Waals surface area contributed by atoms with E-state index in [0.29, 0.717) is 53.6 Å². The van der Waals surface area contributed by atoms with Gasteiger partial charge < -0.3 is 14.8 Å². The van der Waals surface area contributed by atoms with E-state index in [-0.39, 0.29) is 23.0 Å². The molecule has 0 spiro atoms. The number of nitrogens with one attached hydrogen (secondary N) is 1. The topological polar surface area (TPSA) is 84.9 Å². The maximum Gasteiger partial charge on any atom is 0.251 e. The van der Waals surface area contributed by atoms with Crippen LogP contribution in [0, 0.1) is 5.82 Å². The number of anilines is 1. The van der Waals surface area contributed by atoms with Crippen molar-refractivity contribution in [1.29, 1.82) is 0 Å². The molecule has 1 N–H and O–H groups in total. The molecular weight excluding hydrogens is 579 g/mol. The molecule has 0 bridgehead atoms. The highest BCUT2D eigenvalue weighted by molar-refractivity contribution is 7.91. The van der Waals surface area contributed by atoms with Crippen LogP contribution in [0.5, 0.6) is 0 Å². The molecule has 0 radical (unpaired) electrons. The van der Waals surface area contributed by atoms with Crippen LogP contribution in [0.3, 0.4) is 0 Å². The molecular formula is C35H41FN2O5S. The first-order chi connectivity index (χ1) is 21.2. The quantitative estimate of drug-likeness (QED) is 0.255. The van der Waals surface area contributed by atoms with Gasteiger partial charge in [0.2, 0.25) is 0 Å². The van der Waals surface area contributed by atoms with Crippen LogP contribution in [0.15, 0.2) is 71.1 Å². The van der Waals surface area contributed by atoms with Crippen molar-refractivity contribution < 1.29 is 27.1 Å². The number of hydrogen-bond acceptors (Lipinski definition) is 6. The van der Waals surface area contributed by atoms with E-state index in [2.05, 4.69) is 17.3 Å². The first-order valence-corrected chi connectivity index (χ1v) is 17.0. The SMILES string of the molecule is CCCOCCc1ccc(-c2ccc3c(c2)C=C(C(=O)Nc2ccc(CN(C)C4CCOCC4)cc2)CCS3(=O)=O)c(F)c1. The van der Waals surface area contributed by atoms with E-state index in [0.717, 1.165) is 50.1 Å². The summed E-state index contributed by atoms with van der Waals surface area (Å²) in [6.07, 6.45) is 5.29. The van der Waals surface area contributed by atoms with Crippen LogP contribution in [0.4, 0.5) is 10.1 Å². The molecule has 44 heavy (non-hydrogen) atoms. The first-order valence-electron chi connectivity index (χ1n) is 15.4. The zero-order valence-corrected chi connectivity index (χ0v) is 26.3. The van der Waals surface area contributed by atoms with Crippen molar-refractivity contribution >= 4 is 27.5 Å². The molecule has 0 saturated carbocycles. The number of nitrogens with zero attached hydrogens (tertiary/aromatic N) is 1. The van der Waals surface area contributed by atoms with Crippen LogP contribution in [-0.4, -0.2) is 64.5 Å². The Morgan fingerprint density at radius 3 is 2.50 bits per heavy atom. The lowest BCUT2D eigenvalue weighted by atomic mass is 9.99. The number of halogens is 1. The summed E-state index contributed by atoms with van der Waals surface area (Å²) in [5.41, 5.74) is 4.26. The fraction of sp³-hybridized carbons (Fsp3) is 0.400. The van der Waals surface area contributed by atoms with Crippen LogP contribution in [0.25, 0.3) is 17.2 Å². The monoisotopic (exact) mass is 620 g/mol. The third kappa shape index (κ3) is 8.01. The van der Waals surface area contributed by atoms with E-state index in [1.807, 2.05) is 37.3 Å². The van der Waals surface area contributed by atoms with Gasteiger partial charge in [0.05, 0.1) is 17.3 Å². The van der Waals surface area contributed by atoms with Gasteiger partial charge in [0.15, 0.2) is 9.84 Å². The number of benzene rings is 3. The van der Waals surface area contributed by atoms with Gasteiger partial charge in [-0.2, -0.15) is 0 Å². The summed E-state index contributed by atoms with van der Waals surface area (Å²) in [7, 11) is -1.51. The normalized spacial score (nSPS) is 16.7. The van der Waals surface area contributed by atoms with Gasteiger partial charge >= 0.3 is 0 Å². The van der Waals surface area contributed by atoms with Gasteiger partial charge in [0, 0.05) is 49.2 Å². The predicted octanol–water partition coefficient (Wildman–Crippen LogP) is 6.27. The Morgan fingerprint density at radius 1 is 1.02 bits per heavy atom. The largest absolute Gasteiger partial charge is 0.381 e. The van der Waals surface area contributed by atoms with E-state index in [4.69, 9.17) is 9.47 Å². The Balaban J connectivity index is 1.30. The van der Waals surface area contributed by atoms with E-state index in [1.54, 1.807) is 24.3 Å². The Hall–Kier alpha value is -3.37. The second-order valence-electron chi connectivity index (χ2n) is 11.6. The fourth-order valence-electron chi connectivity index (χ4n) is 5.74. The molecule has 3 aromatic rings. The van der Waals surface area contributed by atoms with Gasteiger partial charge in [0.25, 0.3) is 5.91 Å². The summed E-state index contributed by atoms with van der Waals surface area (Å²) in [5.74, 6) is -0.927. The van der Waals surface area contributed by atoms with Crippen LogP contribution < -0.4 is 5.32 Å². The highest BCUT2D eigenvalue weighted by Gasteiger charge is 2.26. The lowest BCUT2D eigenvalue weighted by molar-refractivity contribution is -0.112. The molecule has 2 aliphatic rings. The van der Waals surface area contributed by atoms with Crippen molar-refractivity contribution in [2.24, 2.45) is 0 Å². The van der Waals surface area contributed by atoms with Gasteiger partial charge in [0.1, 0.15) is 5.82 Å². The van der Waals surface area contributed by atoms with E-state index >= 15 is 4.39 Å². The molecule has 2 aliphatic heterocycles. The standard InChI is InChI=1S/C35H41FN2O5S/c1-3-16-42-17-12-25-6-10-32(33(36)21-25)27-7-11-34-29(22-27)23-28(15-20-44(34,40)41)35(39)37-30-8-4-26(5-9-30)24-38(2)31-13-18-43-19-14-31/h4-11,21-23,31H,3,12-20,24H2,1-2H3,(H,37,39). The molecule has 0 aromatic heterocycles. The maximum absolute atomic E-state index is 15.2. The summed E-state index contributed by atoms with van der Waals surface area (Å²) >= 11 is 0. The van der Waals surface area contributed by atoms with E-state index in [1.165, 1.54) is 12.1 Å². The van der Waals surface area contributed by atoms with Crippen LogP contribution in [0.1, 0.15) is 49.3 Å². The summed E-state index contributed by atoms with van der Waals surface area (Å²) < 4.78 is 52.4. The number of hydrogen-bond donors (Lipinski definition) is 1. The molecule has 0 unspecified atom stereocenters. The average molecular weight is 621 g/mol. The average Bonchev–Trinajstić information content (AvgIpc) is 3.16. The van der Waals surface area contributed by atoms with Crippen molar-refractivity contribution in [1.82, 2.24) is 4.90 Å². The third-order valence-electron chi connectivity index (χ3n) is 8.29. The Bertz CT molecular complexity index is 1600. The van der Waals surface area contributed by atoms with Crippen molar-refractivity contribution in [3.63, 3.8) is 0 Å². The zero-order valence-electron chi connectivity index (χ0n) is 25.5. The summed E-state index contributed by atoms with van der Waals surface area (Å²) in [5, 5.41) is 2.93. The molecule has 234 valence electrons. The molecule has 5 rings (SSSR count). The van der Waals surface area contributed by atoms with Crippen LogP contribution in [0.2, 0.25) is 0 Å². The maximum atomic E-state index is 15.2. The second kappa shape index (κ2) is 14.6. The second-order valence-corrected chi connectivity index (χ2v) is 13.7. The lowest BCUT2D eigenvalue weighted by Gasteiger charge is -2.31. The van der Waals surface area contributed by atoms with E-state index in [9.17, 15) is 13.2 Å². The number of sulfone groups is 1. The van der Waals surface area contributed by atoms with Crippen molar-refractivity contribution in [3.05, 3.63) is 88.7 Å². The molecule has 0 aliphatic carbocycles.